The number of rotatable bonds is 14. The topological polar surface area (TPSA) is 124 Å². The summed E-state index contributed by atoms with van der Waals surface area (Å²) >= 11 is 3.61. The number of amides is 1. The molecule has 0 unspecified atom stereocenters. The van der Waals surface area contributed by atoms with Crippen molar-refractivity contribution in [1.82, 2.24) is 5.32 Å². The second-order valence-electron chi connectivity index (χ2n) is 10.7. The van der Waals surface area contributed by atoms with Gasteiger partial charge in [-0.25, -0.2) is 13.4 Å². The van der Waals surface area contributed by atoms with E-state index in [-0.39, 0.29) is 36.1 Å². The number of halogens is 1. The Morgan fingerprint density at radius 3 is 2.30 bits per heavy atom. The van der Waals surface area contributed by atoms with Crippen LogP contribution < -0.4 is 14.8 Å². The van der Waals surface area contributed by atoms with Gasteiger partial charge >= 0.3 is 0 Å². The van der Waals surface area contributed by atoms with Gasteiger partial charge < -0.3 is 24.6 Å². The molecular weight excluding hydrogens is 672 g/mol. The third kappa shape index (κ3) is 7.60. The van der Waals surface area contributed by atoms with Gasteiger partial charge in [-0.15, -0.1) is 0 Å². The van der Waals surface area contributed by atoms with Gasteiger partial charge in [-0.05, 0) is 60.2 Å². The van der Waals surface area contributed by atoms with Crippen LogP contribution in [0.2, 0.25) is 0 Å². The van der Waals surface area contributed by atoms with Crippen LogP contribution in [0.3, 0.4) is 0 Å². The molecule has 0 spiro atoms. The molecular formula is C35H35BrN2O7S. The first kappa shape index (κ1) is 33.2. The molecule has 11 heteroatoms. The zero-order chi connectivity index (χ0) is 32.6. The van der Waals surface area contributed by atoms with E-state index in [0.29, 0.717) is 40.1 Å². The van der Waals surface area contributed by atoms with Gasteiger partial charge in [-0.1, -0.05) is 64.5 Å². The molecule has 0 fully saturated rings. The Hall–Kier alpha value is -4.19. The molecule has 0 saturated heterocycles. The summed E-state index contributed by atoms with van der Waals surface area (Å²) < 4.78 is 45.2. The second-order valence-corrected chi connectivity index (χ2v) is 13.7. The molecule has 4 aromatic rings. The molecule has 1 aliphatic heterocycles. The summed E-state index contributed by atoms with van der Waals surface area (Å²) in [6, 6.07) is 29.9. The van der Waals surface area contributed by atoms with Crippen LogP contribution in [0.15, 0.2) is 117 Å². The van der Waals surface area contributed by atoms with Gasteiger partial charge in [0.1, 0.15) is 11.5 Å². The van der Waals surface area contributed by atoms with Crippen LogP contribution in [-0.2, 0) is 25.9 Å². The molecule has 240 valence electrons. The molecule has 0 aliphatic carbocycles. The van der Waals surface area contributed by atoms with Crippen LogP contribution in [0.25, 0.3) is 0 Å². The Labute approximate surface area is 277 Å². The number of benzene rings is 4. The number of aliphatic hydroxyl groups excluding tert-OH is 1. The maximum Gasteiger partial charge on any atom is 0.252 e. The zero-order valence-corrected chi connectivity index (χ0v) is 27.7. The third-order valence-corrected chi connectivity index (χ3v) is 10.1. The van der Waals surface area contributed by atoms with Crippen molar-refractivity contribution >= 4 is 37.6 Å². The fraction of sp³-hybridized carbons (Fsp3) is 0.257. The van der Waals surface area contributed by atoms with E-state index in [1.807, 2.05) is 36.4 Å². The Balaban J connectivity index is 1.54. The van der Waals surface area contributed by atoms with Gasteiger partial charge in [-0.2, -0.15) is 0 Å². The summed E-state index contributed by atoms with van der Waals surface area (Å²) in [6.45, 7) is 0.579. The van der Waals surface area contributed by atoms with Crippen molar-refractivity contribution in [2.45, 2.75) is 35.9 Å². The SMILES string of the molecule is COc1ccc(CNC(=O)[C@]2(CCS(=O)(=O)c3ccccc3)N=C(c3ccc(OCCCO)cc3)O[C@@H]2c2ccccc2Br)cc1. The lowest BCUT2D eigenvalue weighted by Crippen LogP contribution is -2.49. The normalized spacial score (nSPS) is 17.5. The number of nitrogens with zero attached hydrogens (tertiary/aromatic N) is 1. The van der Waals surface area contributed by atoms with Crippen LogP contribution in [0.5, 0.6) is 11.5 Å². The number of methoxy groups -OCH3 is 1. The van der Waals surface area contributed by atoms with Crippen molar-refractivity contribution in [3.05, 3.63) is 124 Å². The number of hydrogen-bond donors (Lipinski definition) is 2. The van der Waals surface area contributed by atoms with Gasteiger partial charge in [0.15, 0.2) is 21.5 Å². The predicted octanol–water partition coefficient (Wildman–Crippen LogP) is 5.66. The Morgan fingerprint density at radius 1 is 0.957 bits per heavy atom. The standard InChI is InChI=1S/C35H35BrN2O7S/c1-43-27-16-12-25(13-17-27)24-37-34(40)35(20-23-46(41,42)29-8-3-2-4-9-29)32(30-10-5-6-11-31(30)36)45-33(38-35)26-14-18-28(19-15-26)44-22-7-21-39/h2-6,8-19,32,39H,7,20-24H2,1H3,(H,37,40)/t32-,35-/m1/s1. The second kappa shape index (κ2) is 14.9. The minimum Gasteiger partial charge on any atom is -0.497 e. The van der Waals surface area contributed by atoms with Gasteiger partial charge in [0.25, 0.3) is 5.91 Å². The Morgan fingerprint density at radius 2 is 1.63 bits per heavy atom. The Bertz CT molecular complexity index is 1770. The highest BCUT2D eigenvalue weighted by Crippen LogP contribution is 2.45. The molecule has 2 atom stereocenters. The van der Waals surface area contributed by atoms with Crippen LogP contribution in [-0.4, -0.2) is 56.9 Å². The summed E-state index contributed by atoms with van der Waals surface area (Å²) in [5.74, 6) is 0.697. The van der Waals surface area contributed by atoms with Gasteiger partial charge in [0.2, 0.25) is 5.90 Å². The molecule has 1 heterocycles. The first-order valence-electron chi connectivity index (χ1n) is 14.8. The largest absolute Gasteiger partial charge is 0.497 e. The average Bonchev–Trinajstić information content (AvgIpc) is 3.48. The maximum atomic E-state index is 14.4. The highest BCUT2D eigenvalue weighted by Gasteiger charge is 2.54. The summed E-state index contributed by atoms with van der Waals surface area (Å²) in [5, 5.41) is 12.1. The summed E-state index contributed by atoms with van der Waals surface area (Å²) in [6.07, 6.45) is -0.581. The minimum atomic E-state index is -3.77. The van der Waals surface area contributed by atoms with Gasteiger partial charge in [0.05, 0.1) is 24.4 Å². The molecule has 46 heavy (non-hydrogen) atoms. The monoisotopic (exact) mass is 706 g/mol. The van der Waals surface area contributed by atoms with E-state index in [2.05, 4.69) is 21.2 Å². The fourth-order valence-electron chi connectivity index (χ4n) is 5.15. The van der Waals surface area contributed by atoms with Crippen molar-refractivity contribution in [3.8, 4) is 11.5 Å². The van der Waals surface area contributed by atoms with Gasteiger partial charge in [-0.3, -0.25) is 4.79 Å². The quantitative estimate of drug-likeness (QED) is 0.162. The fourth-order valence-corrected chi connectivity index (χ4v) is 7.03. The molecule has 0 saturated carbocycles. The molecule has 9 nitrogen and oxygen atoms in total. The lowest BCUT2D eigenvalue weighted by atomic mass is 9.85. The first-order valence-corrected chi connectivity index (χ1v) is 17.2. The van der Waals surface area contributed by atoms with E-state index in [1.54, 1.807) is 73.8 Å². The van der Waals surface area contributed by atoms with Crippen LogP contribution in [0.4, 0.5) is 0 Å². The number of carbonyl (C=O) groups excluding carboxylic acids is 1. The van der Waals surface area contributed by atoms with Gasteiger partial charge in [0, 0.05) is 41.6 Å². The van der Waals surface area contributed by atoms with Crippen LogP contribution in [0, 0.1) is 0 Å². The van der Waals surface area contributed by atoms with E-state index in [9.17, 15) is 13.2 Å². The van der Waals surface area contributed by atoms with Crippen molar-refractivity contribution in [1.29, 1.82) is 0 Å². The van der Waals surface area contributed by atoms with E-state index in [4.69, 9.17) is 24.3 Å². The van der Waals surface area contributed by atoms with E-state index in [0.717, 1.165) is 5.56 Å². The molecule has 4 aromatic carbocycles. The first-order chi connectivity index (χ1) is 22.3. The highest BCUT2D eigenvalue weighted by atomic mass is 79.9. The molecule has 0 aromatic heterocycles. The lowest BCUT2D eigenvalue weighted by molar-refractivity contribution is -0.129. The lowest BCUT2D eigenvalue weighted by Gasteiger charge is -2.31. The smallest absolute Gasteiger partial charge is 0.252 e. The number of carbonyl (C=O) groups is 1. The summed E-state index contributed by atoms with van der Waals surface area (Å²) in [5.41, 5.74) is 0.451. The molecule has 1 amide bonds. The highest BCUT2D eigenvalue weighted by molar-refractivity contribution is 9.10. The number of aliphatic imine (C=N–C) groups is 1. The van der Waals surface area contributed by atoms with E-state index < -0.39 is 27.4 Å². The van der Waals surface area contributed by atoms with Crippen molar-refractivity contribution in [3.63, 3.8) is 0 Å². The minimum absolute atomic E-state index is 0.0295. The summed E-state index contributed by atoms with van der Waals surface area (Å²) in [4.78, 5) is 19.5. The number of ether oxygens (including phenoxy) is 3. The average molecular weight is 708 g/mol. The molecule has 0 radical (unpaired) electrons. The number of nitrogens with one attached hydrogen (secondary N) is 1. The summed E-state index contributed by atoms with van der Waals surface area (Å²) in [7, 11) is -2.19. The third-order valence-electron chi connectivity index (χ3n) is 7.68. The van der Waals surface area contributed by atoms with E-state index >= 15 is 0 Å². The number of sulfone groups is 1. The number of aliphatic hydroxyl groups is 1. The number of hydrogen-bond acceptors (Lipinski definition) is 8. The molecule has 2 N–H and O–H groups in total. The molecule has 5 rings (SSSR count). The van der Waals surface area contributed by atoms with Crippen molar-refractivity contribution in [2.24, 2.45) is 4.99 Å². The zero-order valence-electron chi connectivity index (χ0n) is 25.3. The van der Waals surface area contributed by atoms with Crippen LogP contribution >= 0.6 is 15.9 Å². The van der Waals surface area contributed by atoms with E-state index in [1.165, 1.54) is 0 Å². The predicted molar refractivity (Wildman–Crippen MR) is 179 cm³/mol. The molecule has 1 aliphatic rings. The van der Waals surface area contributed by atoms with Crippen molar-refractivity contribution in [2.75, 3.05) is 26.1 Å². The molecule has 0 bridgehead atoms. The van der Waals surface area contributed by atoms with Crippen LogP contribution in [0.1, 0.15) is 35.6 Å². The van der Waals surface area contributed by atoms with Crippen molar-refractivity contribution < 1.29 is 32.5 Å². The Kier molecular flexibility index (Phi) is 10.8. The maximum absolute atomic E-state index is 14.4.